The van der Waals surface area contributed by atoms with Crippen LogP contribution in [0.5, 0.6) is 5.75 Å². The molecule has 0 bridgehead atoms. The summed E-state index contributed by atoms with van der Waals surface area (Å²) in [5.74, 6) is 1.88. The van der Waals surface area contributed by atoms with E-state index in [-0.39, 0.29) is 11.3 Å². The van der Waals surface area contributed by atoms with Crippen molar-refractivity contribution in [1.82, 2.24) is 10.6 Å². The normalized spacial score (nSPS) is 20.4. The molecule has 1 saturated heterocycles. The summed E-state index contributed by atoms with van der Waals surface area (Å²) >= 11 is 0. The van der Waals surface area contributed by atoms with E-state index in [1.807, 2.05) is 0 Å². The molecule has 1 heterocycles. The molecule has 2 N–H and O–H groups in total. The number of benzene rings is 3. The minimum Gasteiger partial charge on any atom is -0.496 e. The van der Waals surface area contributed by atoms with Gasteiger partial charge in [-0.15, -0.1) is 0 Å². The maximum atomic E-state index is 5.78. The van der Waals surface area contributed by atoms with Gasteiger partial charge in [0.2, 0.25) is 0 Å². The van der Waals surface area contributed by atoms with Crippen LogP contribution in [0.4, 0.5) is 0 Å². The minimum atomic E-state index is 0.104. The van der Waals surface area contributed by atoms with Crippen LogP contribution in [0, 0.1) is 5.92 Å². The van der Waals surface area contributed by atoms with Gasteiger partial charge in [-0.2, -0.15) is 0 Å². The predicted molar refractivity (Wildman–Crippen MR) is 152 cm³/mol. The van der Waals surface area contributed by atoms with Crippen molar-refractivity contribution in [1.29, 1.82) is 0 Å². The van der Waals surface area contributed by atoms with Gasteiger partial charge < -0.3 is 15.4 Å². The molecule has 0 aromatic heterocycles. The van der Waals surface area contributed by atoms with E-state index in [2.05, 4.69) is 117 Å². The lowest BCUT2D eigenvalue weighted by atomic mass is 9.74. The summed E-state index contributed by atoms with van der Waals surface area (Å²) in [6.45, 7) is 11.0. The van der Waals surface area contributed by atoms with Crippen LogP contribution in [0.3, 0.4) is 0 Å². The molecule has 3 aromatic carbocycles. The van der Waals surface area contributed by atoms with E-state index in [1.54, 1.807) is 7.11 Å². The van der Waals surface area contributed by atoms with E-state index in [1.165, 1.54) is 41.5 Å². The quantitative estimate of drug-likeness (QED) is 0.341. The molecule has 1 fully saturated rings. The maximum absolute atomic E-state index is 5.78. The van der Waals surface area contributed by atoms with E-state index in [4.69, 9.17) is 4.74 Å². The molecule has 192 valence electrons. The molecule has 36 heavy (non-hydrogen) atoms. The second-order valence-electron chi connectivity index (χ2n) is 11.3. The first-order chi connectivity index (χ1) is 17.4. The molecule has 1 aliphatic heterocycles. The Morgan fingerprint density at radius 3 is 2.14 bits per heavy atom. The van der Waals surface area contributed by atoms with Gasteiger partial charge in [0.15, 0.2) is 0 Å². The zero-order chi connectivity index (χ0) is 25.5. The zero-order valence-corrected chi connectivity index (χ0v) is 22.8. The van der Waals surface area contributed by atoms with E-state index in [0.29, 0.717) is 18.0 Å². The number of hydrogen-bond acceptors (Lipinski definition) is 3. The van der Waals surface area contributed by atoms with Crippen LogP contribution in [0.15, 0.2) is 78.9 Å². The van der Waals surface area contributed by atoms with Gasteiger partial charge in [0.05, 0.1) is 7.11 Å². The molecule has 0 amide bonds. The van der Waals surface area contributed by atoms with Crippen molar-refractivity contribution in [3.8, 4) is 5.75 Å². The molecule has 3 heteroatoms. The predicted octanol–water partition coefficient (Wildman–Crippen LogP) is 7.06. The Balaban J connectivity index is 1.69. The number of methoxy groups -OCH3 is 1. The lowest BCUT2D eigenvalue weighted by Crippen LogP contribution is -2.58. The largest absolute Gasteiger partial charge is 0.496 e. The van der Waals surface area contributed by atoms with Crippen LogP contribution in [0.2, 0.25) is 0 Å². The van der Waals surface area contributed by atoms with Crippen LogP contribution in [-0.2, 0) is 12.0 Å². The van der Waals surface area contributed by atoms with E-state index >= 15 is 0 Å². The Labute approximate surface area is 218 Å². The fourth-order valence-electron chi connectivity index (χ4n) is 5.89. The minimum absolute atomic E-state index is 0.104. The average molecular weight is 485 g/mol. The van der Waals surface area contributed by atoms with Crippen molar-refractivity contribution in [2.24, 2.45) is 5.92 Å². The molecule has 0 radical (unpaired) electrons. The van der Waals surface area contributed by atoms with Crippen molar-refractivity contribution >= 4 is 0 Å². The average Bonchev–Trinajstić information content (AvgIpc) is 2.89. The molecular weight excluding hydrogens is 440 g/mol. The first kappa shape index (κ1) is 26.4. The highest BCUT2D eigenvalue weighted by Gasteiger charge is 2.38. The first-order valence-electron chi connectivity index (χ1n) is 13.7. The molecule has 3 unspecified atom stereocenters. The van der Waals surface area contributed by atoms with Crippen LogP contribution in [0.1, 0.15) is 75.1 Å². The van der Waals surface area contributed by atoms with Gasteiger partial charge in [0.25, 0.3) is 0 Å². The fraction of sp³-hybridized carbons (Fsp3) is 0.455. The van der Waals surface area contributed by atoms with E-state index in [9.17, 15) is 0 Å². The second kappa shape index (κ2) is 12.1. The van der Waals surface area contributed by atoms with Crippen LogP contribution in [-0.4, -0.2) is 25.7 Å². The first-order valence-corrected chi connectivity index (χ1v) is 13.7. The summed E-state index contributed by atoms with van der Waals surface area (Å²) in [5, 5.41) is 8.02. The van der Waals surface area contributed by atoms with E-state index < -0.39 is 0 Å². The van der Waals surface area contributed by atoms with Crippen molar-refractivity contribution in [2.75, 3.05) is 13.7 Å². The fourth-order valence-corrected chi connectivity index (χ4v) is 5.89. The van der Waals surface area contributed by atoms with Gasteiger partial charge in [-0.3, -0.25) is 0 Å². The van der Waals surface area contributed by atoms with Crippen LogP contribution >= 0.6 is 0 Å². The Morgan fingerprint density at radius 1 is 0.944 bits per heavy atom. The molecule has 1 aliphatic rings. The molecule has 3 nitrogen and oxygen atoms in total. The third kappa shape index (κ3) is 6.19. The van der Waals surface area contributed by atoms with Crippen molar-refractivity contribution in [3.63, 3.8) is 0 Å². The third-order valence-electron chi connectivity index (χ3n) is 7.80. The number of piperidine rings is 1. The van der Waals surface area contributed by atoms with Crippen molar-refractivity contribution in [2.45, 2.75) is 76.9 Å². The molecule has 3 atom stereocenters. The number of nitrogens with one attached hydrogen (secondary N) is 2. The molecule has 0 aliphatic carbocycles. The Bertz CT molecular complexity index is 1030. The number of rotatable bonds is 9. The highest BCUT2D eigenvalue weighted by molar-refractivity contribution is 5.40. The lowest BCUT2D eigenvalue weighted by molar-refractivity contribution is 0.190. The van der Waals surface area contributed by atoms with Gasteiger partial charge in [-0.25, -0.2) is 0 Å². The third-order valence-corrected chi connectivity index (χ3v) is 7.80. The SMILES string of the molecule is CCCC1CCNC(C(c2ccccc2)c2ccccc2)C1NCc1cc(C(C)(C)C)ccc1OC. The molecule has 4 rings (SSSR count). The topological polar surface area (TPSA) is 33.3 Å². The summed E-state index contributed by atoms with van der Waals surface area (Å²) in [6.07, 6.45) is 3.66. The summed E-state index contributed by atoms with van der Waals surface area (Å²) < 4.78 is 5.78. The summed E-state index contributed by atoms with van der Waals surface area (Å²) in [6, 6.07) is 29.4. The standard InChI is InChI=1S/C33H44N2O/c1-6-13-26-20-21-34-32(30(24-14-9-7-10-15-24)25-16-11-8-12-17-25)31(26)35-23-27-22-28(33(2,3)4)18-19-29(27)36-5/h7-12,14-19,22,26,30-32,34-35H,6,13,20-21,23H2,1-5H3. The summed E-state index contributed by atoms with van der Waals surface area (Å²) in [4.78, 5) is 0. The number of hydrogen-bond donors (Lipinski definition) is 2. The molecule has 3 aromatic rings. The van der Waals surface area contributed by atoms with Gasteiger partial charge in [0, 0.05) is 30.1 Å². The van der Waals surface area contributed by atoms with Gasteiger partial charge in [-0.05, 0) is 53.5 Å². The van der Waals surface area contributed by atoms with Gasteiger partial charge >= 0.3 is 0 Å². The molecule has 0 saturated carbocycles. The summed E-state index contributed by atoms with van der Waals surface area (Å²) in [5.41, 5.74) is 5.43. The summed E-state index contributed by atoms with van der Waals surface area (Å²) in [7, 11) is 1.78. The Kier molecular flexibility index (Phi) is 8.87. The van der Waals surface area contributed by atoms with Crippen LogP contribution in [0.25, 0.3) is 0 Å². The van der Waals surface area contributed by atoms with Gasteiger partial charge in [0.1, 0.15) is 5.75 Å². The maximum Gasteiger partial charge on any atom is 0.123 e. The van der Waals surface area contributed by atoms with Crippen molar-refractivity contribution < 1.29 is 4.74 Å². The van der Waals surface area contributed by atoms with Crippen LogP contribution < -0.4 is 15.4 Å². The number of ether oxygens (including phenoxy) is 1. The zero-order valence-electron chi connectivity index (χ0n) is 22.8. The highest BCUT2D eigenvalue weighted by atomic mass is 16.5. The monoisotopic (exact) mass is 484 g/mol. The smallest absolute Gasteiger partial charge is 0.123 e. The molecular formula is C33H44N2O. The Hall–Kier alpha value is -2.62. The highest BCUT2D eigenvalue weighted by Crippen LogP contribution is 2.36. The lowest BCUT2D eigenvalue weighted by Gasteiger charge is -2.44. The second-order valence-corrected chi connectivity index (χ2v) is 11.3. The van der Waals surface area contributed by atoms with Gasteiger partial charge in [-0.1, -0.05) is 107 Å². The van der Waals surface area contributed by atoms with E-state index in [0.717, 1.165) is 18.8 Å². The Morgan fingerprint density at radius 2 is 1.58 bits per heavy atom. The molecule has 0 spiro atoms. The van der Waals surface area contributed by atoms with Crippen molar-refractivity contribution in [3.05, 3.63) is 101 Å².